The summed E-state index contributed by atoms with van der Waals surface area (Å²) in [5.41, 5.74) is 0.266. The van der Waals surface area contributed by atoms with Crippen molar-refractivity contribution in [3.05, 3.63) is 0 Å². The fraction of sp³-hybridized carbons (Fsp3) is 0.909. The third kappa shape index (κ3) is 3.29. The molecular weight excluding hydrogens is 180 g/mol. The van der Waals surface area contributed by atoms with Crippen LogP contribution in [0.3, 0.4) is 0 Å². The van der Waals surface area contributed by atoms with E-state index in [2.05, 4.69) is 13.8 Å². The van der Waals surface area contributed by atoms with Crippen molar-refractivity contribution in [2.45, 2.75) is 52.1 Å². The predicted octanol–water partition coefficient (Wildman–Crippen LogP) is 2.04. The van der Waals surface area contributed by atoms with Gasteiger partial charge in [0.05, 0.1) is 12.5 Å². The Hall–Kier alpha value is -0.570. The molecule has 82 valence electrons. The average molecular weight is 200 g/mol. The van der Waals surface area contributed by atoms with Crippen LogP contribution in [-0.4, -0.2) is 22.3 Å². The number of hydrogen-bond acceptors (Lipinski definition) is 2. The van der Waals surface area contributed by atoms with E-state index in [0.29, 0.717) is 0 Å². The summed E-state index contributed by atoms with van der Waals surface area (Å²) in [5, 5.41) is 18.3. The van der Waals surface area contributed by atoms with Gasteiger partial charge in [-0.3, -0.25) is 4.79 Å². The third-order valence-corrected chi connectivity index (χ3v) is 3.17. The molecule has 1 saturated carbocycles. The Labute approximate surface area is 85.1 Å². The van der Waals surface area contributed by atoms with Crippen molar-refractivity contribution in [2.24, 2.45) is 11.3 Å². The van der Waals surface area contributed by atoms with Crippen molar-refractivity contribution in [2.75, 3.05) is 0 Å². The van der Waals surface area contributed by atoms with Gasteiger partial charge in [-0.2, -0.15) is 0 Å². The molecule has 1 aliphatic carbocycles. The van der Waals surface area contributed by atoms with Gasteiger partial charge in [0.2, 0.25) is 0 Å². The highest BCUT2D eigenvalue weighted by Gasteiger charge is 2.32. The molecule has 1 aliphatic rings. The molecule has 0 aromatic rings. The zero-order valence-electron chi connectivity index (χ0n) is 8.99. The minimum atomic E-state index is -0.902. The van der Waals surface area contributed by atoms with Gasteiger partial charge >= 0.3 is 5.97 Å². The second-order valence-electron chi connectivity index (χ2n) is 5.19. The van der Waals surface area contributed by atoms with Gasteiger partial charge in [0.1, 0.15) is 0 Å². The summed E-state index contributed by atoms with van der Waals surface area (Å²) < 4.78 is 0. The zero-order valence-corrected chi connectivity index (χ0v) is 8.99. The number of aliphatic hydroxyl groups is 1. The highest BCUT2D eigenvalue weighted by atomic mass is 16.4. The quantitative estimate of drug-likeness (QED) is 0.733. The molecule has 0 saturated heterocycles. The van der Waals surface area contributed by atoms with E-state index in [1.165, 1.54) is 6.42 Å². The van der Waals surface area contributed by atoms with E-state index in [1.54, 1.807) is 0 Å². The third-order valence-electron chi connectivity index (χ3n) is 3.17. The lowest BCUT2D eigenvalue weighted by Gasteiger charge is -2.37. The maximum atomic E-state index is 10.5. The van der Waals surface area contributed by atoms with Crippen LogP contribution in [0.15, 0.2) is 0 Å². The summed E-state index contributed by atoms with van der Waals surface area (Å²) in [6.07, 6.45) is 3.43. The van der Waals surface area contributed by atoms with Crippen LogP contribution in [-0.2, 0) is 4.79 Å². The van der Waals surface area contributed by atoms with Gasteiger partial charge in [0, 0.05) is 0 Å². The minimum Gasteiger partial charge on any atom is -0.481 e. The van der Waals surface area contributed by atoms with Crippen LogP contribution in [0, 0.1) is 11.3 Å². The summed E-state index contributed by atoms with van der Waals surface area (Å²) in [4.78, 5) is 10.5. The van der Waals surface area contributed by atoms with Gasteiger partial charge in [-0.15, -0.1) is 0 Å². The van der Waals surface area contributed by atoms with Gasteiger partial charge < -0.3 is 10.2 Å². The number of carboxylic acids is 1. The molecule has 3 heteroatoms. The molecule has 0 aromatic carbocycles. The maximum Gasteiger partial charge on any atom is 0.305 e. The molecule has 0 aromatic heterocycles. The van der Waals surface area contributed by atoms with E-state index in [-0.39, 0.29) is 17.8 Å². The number of carbonyl (C=O) groups is 1. The Morgan fingerprint density at radius 3 is 2.71 bits per heavy atom. The van der Waals surface area contributed by atoms with Crippen LogP contribution < -0.4 is 0 Å². The Bertz CT molecular complexity index is 211. The summed E-state index contributed by atoms with van der Waals surface area (Å²) in [6.45, 7) is 4.37. The molecule has 0 amide bonds. The second kappa shape index (κ2) is 4.30. The maximum absolute atomic E-state index is 10.5. The molecule has 1 unspecified atom stereocenters. The first-order valence-corrected chi connectivity index (χ1v) is 5.30. The van der Waals surface area contributed by atoms with Crippen LogP contribution in [0.4, 0.5) is 0 Å². The number of carboxylic acid groups (broad SMARTS) is 1. The first-order chi connectivity index (χ1) is 6.41. The molecule has 2 N–H and O–H groups in total. The molecule has 1 fully saturated rings. The fourth-order valence-electron chi connectivity index (χ4n) is 2.43. The van der Waals surface area contributed by atoms with Crippen molar-refractivity contribution in [1.29, 1.82) is 0 Å². The van der Waals surface area contributed by atoms with Crippen LogP contribution in [0.2, 0.25) is 0 Å². The number of hydrogen-bond donors (Lipinski definition) is 2. The fourth-order valence-corrected chi connectivity index (χ4v) is 2.43. The highest BCUT2D eigenvalue weighted by molar-refractivity contribution is 5.67. The lowest BCUT2D eigenvalue weighted by molar-refractivity contribution is -0.140. The van der Waals surface area contributed by atoms with Crippen molar-refractivity contribution >= 4 is 5.97 Å². The summed E-state index contributed by atoms with van der Waals surface area (Å²) in [5.74, 6) is -0.726. The van der Waals surface area contributed by atoms with Crippen LogP contribution in [0.5, 0.6) is 0 Å². The van der Waals surface area contributed by atoms with Crippen molar-refractivity contribution < 1.29 is 15.0 Å². The van der Waals surface area contributed by atoms with E-state index in [9.17, 15) is 9.90 Å². The van der Waals surface area contributed by atoms with E-state index in [0.717, 1.165) is 19.3 Å². The summed E-state index contributed by atoms with van der Waals surface area (Å²) >= 11 is 0. The van der Waals surface area contributed by atoms with Gasteiger partial charge in [-0.1, -0.05) is 20.3 Å². The Morgan fingerprint density at radius 1 is 1.57 bits per heavy atom. The molecule has 0 bridgehead atoms. The topological polar surface area (TPSA) is 57.5 Å². The number of aliphatic carboxylic acids is 1. The molecule has 14 heavy (non-hydrogen) atoms. The molecule has 0 aliphatic heterocycles. The van der Waals surface area contributed by atoms with Gasteiger partial charge in [-0.25, -0.2) is 0 Å². The first-order valence-electron chi connectivity index (χ1n) is 5.30. The van der Waals surface area contributed by atoms with Crippen LogP contribution in [0.25, 0.3) is 0 Å². The highest BCUT2D eigenvalue weighted by Crippen LogP contribution is 2.40. The smallest absolute Gasteiger partial charge is 0.305 e. The lowest BCUT2D eigenvalue weighted by atomic mass is 9.70. The minimum absolute atomic E-state index is 0.110. The van der Waals surface area contributed by atoms with Gasteiger partial charge in [0.25, 0.3) is 0 Å². The van der Waals surface area contributed by atoms with Crippen molar-refractivity contribution in [1.82, 2.24) is 0 Å². The van der Waals surface area contributed by atoms with E-state index in [4.69, 9.17) is 5.11 Å². The number of rotatable bonds is 3. The van der Waals surface area contributed by atoms with Crippen LogP contribution in [0.1, 0.15) is 46.0 Å². The summed E-state index contributed by atoms with van der Waals surface area (Å²) in [7, 11) is 0. The Balaban J connectivity index is 2.47. The lowest BCUT2D eigenvalue weighted by Crippen LogP contribution is -2.32. The standard InChI is InChI=1S/C11H20O3/c1-11(2)5-3-4-8(7-11)9(12)6-10(13)14/h8-9,12H,3-7H2,1-2H3,(H,13,14)/t8?,9-/m0/s1. The van der Waals surface area contributed by atoms with Crippen LogP contribution >= 0.6 is 0 Å². The second-order valence-corrected chi connectivity index (χ2v) is 5.19. The summed E-state index contributed by atoms with van der Waals surface area (Å²) in [6, 6.07) is 0. The molecular formula is C11H20O3. The Morgan fingerprint density at radius 2 is 2.21 bits per heavy atom. The van der Waals surface area contributed by atoms with E-state index < -0.39 is 12.1 Å². The molecule has 0 spiro atoms. The first kappa shape index (κ1) is 11.5. The Kier molecular flexibility index (Phi) is 3.53. The van der Waals surface area contributed by atoms with Gasteiger partial charge in [-0.05, 0) is 30.6 Å². The SMILES string of the molecule is CC1(C)CCCC([C@@H](O)CC(=O)O)C1. The zero-order chi connectivity index (χ0) is 10.8. The predicted molar refractivity (Wildman–Crippen MR) is 54.0 cm³/mol. The van der Waals surface area contributed by atoms with E-state index >= 15 is 0 Å². The molecule has 2 atom stereocenters. The van der Waals surface area contributed by atoms with Gasteiger partial charge in [0.15, 0.2) is 0 Å². The molecule has 1 rings (SSSR count). The largest absolute Gasteiger partial charge is 0.481 e. The molecule has 0 heterocycles. The monoisotopic (exact) mass is 200 g/mol. The normalized spacial score (nSPS) is 28.4. The molecule has 0 radical (unpaired) electrons. The van der Waals surface area contributed by atoms with E-state index in [1.807, 2.05) is 0 Å². The van der Waals surface area contributed by atoms with Crippen molar-refractivity contribution in [3.8, 4) is 0 Å². The number of aliphatic hydroxyl groups excluding tert-OH is 1. The van der Waals surface area contributed by atoms with Crippen molar-refractivity contribution in [3.63, 3.8) is 0 Å². The average Bonchev–Trinajstić information content (AvgIpc) is 2.01. The molecule has 3 nitrogen and oxygen atoms in total.